The molecule has 1 aromatic carbocycles. The molecule has 3 rings (SSSR count). The fourth-order valence-corrected chi connectivity index (χ4v) is 3.03. The number of ether oxygens (including phenoxy) is 1. The maximum absolute atomic E-state index is 5.36. The molecule has 1 aliphatic heterocycles. The maximum Gasteiger partial charge on any atom is 0.0594 e. The van der Waals surface area contributed by atoms with E-state index in [1.165, 1.54) is 31.4 Å². The number of hydrogen-bond donors (Lipinski definition) is 1. The minimum atomic E-state index is 0.888. The van der Waals surface area contributed by atoms with E-state index in [0.717, 1.165) is 39.4 Å². The first-order valence-corrected chi connectivity index (χ1v) is 7.57. The lowest BCUT2D eigenvalue weighted by Crippen LogP contribution is -2.39. The number of rotatable bonds is 4. The highest BCUT2D eigenvalue weighted by atomic mass is 16.5. The number of aryl methyl sites for hydroxylation is 2. The zero-order valence-electron chi connectivity index (χ0n) is 11.7. The van der Waals surface area contributed by atoms with Gasteiger partial charge in [0.2, 0.25) is 0 Å². The van der Waals surface area contributed by atoms with E-state index >= 15 is 0 Å². The third-order valence-corrected chi connectivity index (χ3v) is 4.21. The summed E-state index contributed by atoms with van der Waals surface area (Å²) in [6, 6.07) is 6.91. The second kappa shape index (κ2) is 6.40. The van der Waals surface area contributed by atoms with Gasteiger partial charge in [0.05, 0.1) is 13.2 Å². The van der Waals surface area contributed by atoms with Crippen molar-refractivity contribution in [1.82, 2.24) is 4.90 Å². The van der Waals surface area contributed by atoms with Crippen LogP contribution in [0.2, 0.25) is 0 Å². The monoisotopic (exact) mass is 260 g/mol. The number of morpholine rings is 1. The smallest absolute Gasteiger partial charge is 0.0594 e. The molecule has 19 heavy (non-hydrogen) atoms. The van der Waals surface area contributed by atoms with E-state index in [9.17, 15) is 0 Å². The zero-order chi connectivity index (χ0) is 12.9. The first-order valence-electron chi connectivity index (χ1n) is 7.57. The van der Waals surface area contributed by atoms with Crippen LogP contribution in [-0.4, -0.2) is 44.3 Å². The molecule has 1 fully saturated rings. The van der Waals surface area contributed by atoms with Gasteiger partial charge in [0.25, 0.3) is 0 Å². The molecule has 0 saturated carbocycles. The van der Waals surface area contributed by atoms with E-state index in [4.69, 9.17) is 4.74 Å². The summed E-state index contributed by atoms with van der Waals surface area (Å²) in [6.07, 6.45) is 5.23. The van der Waals surface area contributed by atoms with E-state index in [2.05, 4.69) is 28.4 Å². The summed E-state index contributed by atoms with van der Waals surface area (Å²) in [5, 5.41) is 3.56. The lowest BCUT2D eigenvalue weighted by Gasteiger charge is -2.26. The van der Waals surface area contributed by atoms with Gasteiger partial charge in [-0.2, -0.15) is 0 Å². The maximum atomic E-state index is 5.36. The van der Waals surface area contributed by atoms with E-state index in [1.54, 1.807) is 11.1 Å². The van der Waals surface area contributed by atoms with Crippen LogP contribution < -0.4 is 5.32 Å². The van der Waals surface area contributed by atoms with Gasteiger partial charge in [-0.05, 0) is 48.9 Å². The predicted molar refractivity (Wildman–Crippen MR) is 78.8 cm³/mol. The van der Waals surface area contributed by atoms with Crippen LogP contribution in [0.15, 0.2) is 18.2 Å². The van der Waals surface area contributed by atoms with Crippen molar-refractivity contribution in [3.05, 3.63) is 29.3 Å². The second-order valence-corrected chi connectivity index (χ2v) is 5.57. The minimum Gasteiger partial charge on any atom is -0.384 e. The van der Waals surface area contributed by atoms with Crippen LogP contribution in [0.3, 0.4) is 0 Å². The molecule has 1 aliphatic carbocycles. The number of nitrogens with one attached hydrogen (secondary N) is 1. The lowest BCUT2D eigenvalue weighted by atomic mass is 9.91. The van der Waals surface area contributed by atoms with Crippen molar-refractivity contribution in [2.75, 3.05) is 44.7 Å². The van der Waals surface area contributed by atoms with Gasteiger partial charge < -0.3 is 10.1 Å². The van der Waals surface area contributed by atoms with E-state index in [0.29, 0.717) is 0 Å². The molecule has 1 aromatic rings. The summed E-state index contributed by atoms with van der Waals surface area (Å²) >= 11 is 0. The standard InChI is InChI=1S/C16H24N2O/c1-2-4-15-13-16(6-5-14(15)3-1)17-7-8-18-9-11-19-12-10-18/h5-6,13,17H,1-4,7-12H2. The van der Waals surface area contributed by atoms with Gasteiger partial charge in [0.1, 0.15) is 0 Å². The first-order chi connectivity index (χ1) is 9.42. The molecule has 0 amide bonds. The van der Waals surface area contributed by atoms with Gasteiger partial charge in [-0.25, -0.2) is 0 Å². The highest BCUT2D eigenvalue weighted by molar-refractivity contribution is 5.49. The summed E-state index contributed by atoms with van der Waals surface area (Å²) in [6.45, 7) is 6.06. The van der Waals surface area contributed by atoms with E-state index < -0.39 is 0 Å². The molecule has 104 valence electrons. The molecule has 2 aliphatic rings. The Labute approximate surface area is 115 Å². The van der Waals surface area contributed by atoms with Crippen LogP contribution in [0, 0.1) is 0 Å². The van der Waals surface area contributed by atoms with Crippen molar-refractivity contribution in [2.45, 2.75) is 25.7 Å². The van der Waals surface area contributed by atoms with E-state index in [-0.39, 0.29) is 0 Å². The SMILES string of the molecule is c1cc2c(cc1NCCN1CCOCC1)CCCC2. The Hall–Kier alpha value is -1.06. The molecule has 1 N–H and O–H groups in total. The quantitative estimate of drug-likeness (QED) is 0.899. The molecule has 0 spiro atoms. The number of benzene rings is 1. The van der Waals surface area contributed by atoms with E-state index in [1.807, 2.05) is 0 Å². The Morgan fingerprint density at radius 1 is 1.05 bits per heavy atom. The number of hydrogen-bond acceptors (Lipinski definition) is 3. The van der Waals surface area contributed by atoms with Crippen molar-refractivity contribution in [1.29, 1.82) is 0 Å². The topological polar surface area (TPSA) is 24.5 Å². The lowest BCUT2D eigenvalue weighted by molar-refractivity contribution is 0.0398. The van der Waals surface area contributed by atoms with Crippen molar-refractivity contribution in [3.63, 3.8) is 0 Å². The molecule has 1 heterocycles. The highest BCUT2D eigenvalue weighted by Gasteiger charge is 2.11. The van der Waals surface area contributed by atoms with Crippen LogP contribution >= 0.6 is 0 Å². The summed E-state index contributed by atoms with van der Waals surface area (Å²) in [5.74, 6) is 0. The normalized spacial score (nSPS) is 20.0. The summed E-state index contributed by atoms with van der Waals surface area (Å²) in [4.78, 5) is 2.47. The van der Waals surface area contributed by atoms with Crippen LogP contribution in [0.5, 0.6) is 0 Å². The van der Waals surface area contributed by atoms with Gasteiger partial charge in [0, 0.05) is 31.9 Å². The van der Waals surface area contributed by atoms with Gasteiger partial charge in [0.15, 0.2) is 0 Å². The molecule has 0 atom stereocenters. The predicted octanol–water partition coefficient (Wildman–Crippen LogP) is 2.31. The zero-order valence-corrected chi connectivity index (χ0v) is 11.7. The molecule has 0 unspecified atom stereocenters. The molecule has 3 heteroatoms. The fourth-order valence-electron chi connectivity index (χ4n) is 3.03. The van der Waals surface area contributed by atoms with Crippen LogP contribution in [0.1, 0.15) is 24.0 Å². The Balaban J connectivity index is 1.49. The largest absolute Gasteiger partial charge is 0.384 e. The molecule has 0 radical (unpaired) electrons. The molecule has 3 nitrogen and oxygen atoms in total. The van der Waals surface area contributed by atoms with Crippen molar-refractivity contribution in [3.8, 4) is 0 Å². The van der Waals surface area contributed by atoms with Crippen molar-refractivity contribution >= 4 is 5.69 Å². The Morgan fingerprint density at radius 2 is 1.84 bits per heavy atom. The molecular weight excluding hydrogens is 236 g/mol. The molecule has 0 bridgehead atoms. The van der Waals surface area contributed by atoms with Gasteiger partial charge in [-0.3, -0.25) is 4.90 Å². The average molecular weight is 260 g/mol. The number of fused-ring (bicyclic) bond motifs is 1. The van der Waals surface area contributed by atoms with Crippen molar-refractivity contribution in [2.24, 2.45) is 0 Å². The van der Waals surface area contributed by atoms with Crippen LogP contribution in [0.25, 0.3) is 0 Å². The fraction of sp³-hybridized carbons (Fsp3) is 0.625. The van der Waals surface area contributed by atoms with Gasteiger partial charge in [-0.15, -0.1) is 0 Å². The molecule has 0 aromatic heterocycles. The van der Waals surface area contributed by atoms with Crippen molar-refractivity contribution < 1.29 is 4.74 Å². The Morgan fingerprint density at radius 3 is 2.68 bits per heavy atom. The second-order valence-electron chi connectivity index (χ2n) is 5.57. The third kappa shape index (κ3) is 3.48. The summed E-state index contributed by atoms with van der Waals surface area (Å²) in [5.41, 5.74) is 4.40. The average Bonchev–Trinajstić information content (AvgIpc) is 2.48. The Kier molecular flexibility index (Phi) is 4.36. The third-order valence-electron chi connectivity index (χ3n) is 4.21. The first kappa shape index (κ1) is 12.9. The van der Waals surface area contributed by atoms with Gasteiger partial charge in [-0.1, -0.05) is 6.07 Å². The van der Waals surface area contributed by atoms with Crippen LogP contribution in [0.4, 0.5) is 5.69 Å². The number of nitrogens with zero attached hydrogens (tertiary/aromatic N) is 1. The molecule has 1 saturated heterocycles. The number of anilines is 1. The molecular formula is C16H24N2O. The van der Waals surface area contributed by atoms with Crippen LogP contribution in [-0.2, 0) is 17.6 Å². The highest BCUT2D eigenvalue weighted by Crippen LogP contribution is 2.24. The Bertz CT molecular complexity index is 413. The minimum absolute atomic E-state index is 0.888. The summed E-state index contributed by atoms with van der Waals surface area (Å²) < 4.78 is 5.36. The van der Waals surface area contributed by atoms with Gasteiger partial charge >= 0.3 is 0 Å². The summed E-state index contributed by atoms with van der Waals surface area (Å²) in [7, 11) is 0.